The van der Waals surface area contributed by atoms with Gasteiger partial charge in [-0.15, -0.1) is 0 Å². The van der Waals surface area contributed by atoms with Crippen LogP contribution < -0.4 is 15.8 Å². The lowest BCUT2D eigenvalue weighted by molar-refractivity contribution is 0.0932. The van der Waals surface area contributed by atoms with Crippen molar-refractivity contribution in [1.82, 2.24) is 14.8 Å². The molecule has 7 nitrogen and oxygen atoms in total. The fraction of sp³-hybridized carbons (Fsp3) is 0.467. The zero-order valence-corrected chi connectivity index (χ0v) is 23.4. The number of hydrogen-bond acceptors (Lipinski definition) is 5. The molecule has 1 aromatic heterocycles. The molecular formula is C30H39ClN4O3. The number of para-hydroxylation sites is 1. The van der Waals surface area contributed by atoms with Gasteiger partial charge in [0.2, 0.25) is 0 Å². The SMILES string of the molecule is COc1cc(N)c(Cl)cc1C(=O)NCC1CCN(CCCCCC(=O)c2c(C)n(C)c3ccccc23)CC1. The Kier molecular flexibility index (Phi) is 9.34. The zero-order chi connectivity index (χ0) is 27.2. The summed E-state index contributed by atoms with van der Waals surface area (Å²) in [4.78, 5) is 28.2. The summed E-state index contributed by atoms with van der Waals surface area (Å²) >= 11 is 6.10. The van der Waals surface area contributed by atoms with Crippen LogP contribution in [0.4, 0.5) is 5.69 Å². The van der Waals surface area contributed by atoms with Crippen LogP contribution in [0.2, 0.25) is 5.02 Å². The molecule has 204 valence electrons. The van der Waals surface area contributed by atoms with Crippen molar-refractivity contribution in [3.05, 3.63) is 58.2 Å². The molecular weight excluding hydrogens is 500 g/mol. The predicted molar refractivity (Wildman–Crippen MR) is 154 cm³/mol. The summed E-state index contributed by atoms with van der Waals surface area (Å²) in [5.74, 6) is 0.931. The van der Waals surface area contributed by atoms with Crippen molar-refractivity contribution in [2.45, 2.75) is 45.4 Å². The second-order valence-corrected chi connectivity index (χ2v) is 10.7. The minimum Gasteiger partial charge on any atom is -0.496 e. The Hall–Kier alpha value is -3.03. The van der Waals surface area contributed by atoms with Crippen molar-refractivity contribution in [2.24, 2.45) is 13.0 Å². The number of unbranched alkanes of at least 4 members (excludes halogenated alkanes) is 2. The zero-order valence-electron chi connectivity index (χ0n) is 22.7. The number of benzene rings is 2. The van der Waals surface area contributed by atoms with E-state index >= 15 is 0 Å². The van der Waals surface area contributed by atoms with Crippen molar-refractivity contribution in [2.75, 3.05) is 39.0 Å². The third kappa shape index (κ3) is 6.33. The number of rotatable bonds is 11. The average Bonchev–Trinajstić information content (AvgIpc) is 3.18. The molecule has 1 saturated heterocycles. The van der Waals surface area contributed by atoms with Crippen molar-refractivity contribution in [3.63, 3.8) is 0 Å². The lowest BCUT2D eigenvalue weighted by atomic mass is 9.96. The number of nitrogens with two attached hydrogens (primary N) is 1. The summed E-state index contributed by atoms with van der Waals surface area (Å²) in [6.45, 7) is 5.79. The summed E-state index contributed by atoms with van der Waals surface area (Å²) in [6.07, 6.45) is 5.78. The number of fused-ring (bicyclic) bond motifs is 1. The van der Waals surface area contributed by atoms with E-state index in [2.05, 4.69) is 26.9 Å². The first-order valence-corrected chi connectivity index (χ1v) is 13.9. The van der Waals surface area contributed by atoms with Gasteiger partial charge >= 0.3 is 0 Å². The van der Waals surface area contributed by atoms with Gasteiger partial charge in [0.15, 0.2) is 5.78 Å². The molecule has 2 heterocycles. The van der Waals surface area contributed by atoms with E-state index in [0.717, 1.165) is 73.9 Å². The lowest BCUT2D eigenvalue weighted by Gasteiger charge is -2.32. The normalized spacial score (nSPS) is 14.6. The first-order valence-electron chi connectivity index (χ1n) is 13.5. The molecule has 0 spiro atoms. The number of methoxy groups -OCH3 is 1. The Bertz CT molecular complexity index is 1290. The summed E-state index contributed by atoms with van der Waals surface area (Å²) < 4.78 is 7.41. The monoisotopic (exact) mass is 538 g/mol. The number of nitrogens with zero attached hydrogens (tertiary/aromatic N) is 2. The lowest BCUT2D eigenvalue weighted by Crippen LogP contribution is -2.39. The number of nitrogens with one attached hydrogen (secondary N) is 1. The molecule has 38 heavy (non-hydrogen) atoms. The molecule has 0 bridgehead atoms. The van der Waals surface area contributed by atoms with Gasteiger partial charge in [-0.25, -0.2) is 0 Å². The van der Waals surface area contributed by atoms with E-state index in [1.807, 2.05) is 26.1 Å². The van der Waals surface area contributed by atoms with Crippen LogP contribution in [0.3, 0.4) is 0 Å². The molecule has 0 saturated carbocycles. The number of hydrogen-bond donors (Lipinski definition) is 2. The van der Waals surface area contributed by atoms with Crippen LogP contribution in [0.5, 0.6) is 5.75 Å². The Balaban J connectivity index is 1.14. The van der Waals surface area contributed by atoms with E-state index in [1.165, 1.54) is 7.11 Å². The van der Waals surface area contributed by atoms with Gasteiger partial charge in [-0.1, -0.05) is 36.2 Å². The first kappa shape index (κ1) is 28.0. The molecule has 1 aliphatic rings. The first-order chi connectivity index (χ1) is 18.3. The van der Waals surface area contributed by atoms with Crippen LogP contribution in [-0.4, -0.2) is 54.4 Å². The predicted octanol–water partition coefficient (Wildman–Crippen LogP) is 5.62. The highest BCUT2D eigenvalue weighted by Gasteiger charge is 2.22. The van der Waals surface area contributed by atoms with E-state index in [9.17, 15) is 9.59 Å². The summed E-state index contributed by atoms with van der Waals surface area (Å²) in [5, 5.41) is 4.44. The molecule has 0 atom stereocenters. The largest absolute Gasteiger partial charge is 0.496 e. The molecule has 8 heteroatoms. The number of likely N-dealkylation sites (tertiary alicyclic amines) is 1. The van der Waals surface area contributed by atoms with Crippen molar-refractivity contribution in [3.8, 4) is 5.75 Å². The standard InChI is InChI=1S/C30H39ClN4O3/c1-20-29(22-9-6-7-10-26(22)34(20)2)27(36)11-5-4-8-14-35-15-12-21(13-16-35)19-33-30(37)23-17-24(31)25(32)18-28(23)38-3/h6-7,9-10,17-18,21H,4-5,8,11-16,19,32H2,1-3H3,(H,33,37). The maximum Gasteiger partial charge on any atom is 0.255 e. The van der Waals surface area contributed by atoms with Gasteiger partial charge in [-0.2, -0.15) is 0 Å². The van der Waals surface area contributed by atoms with E-state index in [-0.39, 0.29) is 11.7 Å². The van der Waals surface area contributed by atoms with Gasteiger partial charge in [-0.3, -0.25) is 9.59 Å². The van der Waals surface area contributed by atoms with E-state index in [1.54, 1.807) is 12.1 Å². The second-order valence-electron chi connectivity index (χ2n) is 10.3. The summed E-state index contributed by atoms with van der Waals surface area (Å²) in [5.41, 5.74) is 9.66. The number of Topliss-reactive ketones (excluding diaryl/α,β-unsaturated/α-hetero) is 1. The molecule has 1 fully saturated rings. The van der Waals surface area contributed by atoms with Gasteiger partial charge < -0.3 is 25.3 Å². The Morgan fingerprint density at radius 1 is 1.13 bits per heavy atom. The highest BCUT2D eigenvalue weighted by atomic mass is 35.5. The van der Waals surface area contributed by atoms with Crippen molar-refractivity contribution >= 4 is 39.9 Å². The maximum atomic E-state index is 13.0. The number of amides is 1. The van der Waals surface area contributed by atoms with Gasteiger partial charge in [0.1, 0.15) is 5.75 Å². The Morgan fingerprint density at radius 2 is 1.87 bits per heavy atom. The van der Waals surface area contributed by atoms with Gasteiger partial charge in [0, 0.05) is 48.2 Å². The van der Waals surface area contributed by atoms with Crippen LogP contribution in [0.25, 0.3) is 10.9 Å². The molecule has 1 amide bonds. The summed E-state index contributed by atoms with van der Waals surface area (Å²) in [6, 6.07) is 11.3. The van der Waals surface area contributed by atoms with Gasteiger partial charge in [0.25, 0.3) is 5.91 Å². The van der Waals surface area contributed by atoms with Crippen LogP contribution in [-0.2, 0) is 7.05 Å². The van der Waals surface area contributed by atoms with Gasteiger partial charge in [-0.05, 0) is 70.3 Å². The number of carbonyl (C=O) groups is 2. The third-order valence-corrected chi connectivity index (χ3v) is 8.21. The highest BCUT2D eigenvalue weighted by molar-refractivity contribution is 6.33. The van der Waals surface area contributed by atoms with Crippen molar-refractivity contribution in [1.29, 1.82) is 0 Å². The summed E-state index contributed by atoms with van der Waals surface area (Å²) in [7, 11) is 3.54. The number of aryl methyl sites for hydroxylation is 1. The molecule has 1 aliphatic heterocycles. The molecule has 4 rings (SSSR count). The van der Waals surface area contributed by atoms with Crippen LogP contribution in [0, 0.1) is 12.8 Å². The molecule has 2 aromatic carbocycles. The molecule has 0 radical (unpaired) electrons. The Labute approximate surface area is 230 Å². The highest BCUT2D eigenvalue weighted by Crippen LogP contribution is 2.29. The average molecular weight is 539 g/mol. The number of nitrogen functional groups attached to an aromatic ring is 1. The molecule has 3 aromatic rings. The maximum absolute atomic E-state index is 13.0. The quantitative estimate of drug-likeness (QED) is 0.188. The van der Waals surface area contributed by atoms with E-state index in [0.29, 0.717) is 40.9 Å². The second kappa shape index (κ2) is 12.7. The fourth-order valence-corrected chi connectivity index (χ4v) is 5.62. The third-order valence-electron chi connectivity index (χ3n) is 7.88. The van der Waals surface area contributed by atoms with Gasteiger partial charge in [0.05, 0.1) is 23.4 Å². The van der Waals surface area contributed by atoms with Crippen molar-refractivity contribution < 1.29 is 14.3 Å². The number of aromatic nitrogens is 1. The molecule has 0 unspecified atom stereocenters. The number of ether oxygens (including phenoxy) is 1. The van der Waals surface area contributed by atoms with Crippen LogP contribution in [0.15, 0.2) is 36.4 Å². The minimum atomic E-state index is -0.195. The molecule has 0 aliphatic carbocycles. The van der Waals surface area contributed by atoms with Crippen LogP contribution in [0.1, 0.15) is 64.9 Å². The van der Waals surface area contributed by atoms with Crippen LogP contribution >= 0.6 is 11.6 Å². The number of anilines is 1. The minimum absolute atomic E-state index is 0.195. The number of ketones is 1. The fourth-order valence-electron chi connectivity index (χ4n) is 5.46. The molecule has 3 N–H and O–H groups in total. The Morgan fingerprint density at radius 3 is 2.61 bits per heavy atom. The van der Waals surface area contributed by atoms with E-state index in [4.69, 9.17) is 22.1 Å². The number of piperidine rings is 1. The smallest absolute Gasteiger partial charge is 0.255 e. The van der Waals surface area contributed by atoms with E-state index < -0.39 is 0 Å². The number of halogens is 1. The topological polar surface area (TPSA) is 89.6 Å². The number of carbonyl (C=O) groups excluding carboxylic acids is 2.